The summed E-state index contributed by atoms with van der Waals surface area (Å²) in [7, 11) is -1.49. The second kappa shape index (κ2) is 12.6. The summed E-state index contributed by atoms with van der Waals surface area (Å²) in [5, 5.41) is 6.81. The molecule has 0 amide bonds. The maximum Gasteiger partial charge on any atom is 0.213 e. The van der Waals surface area contributed by atoms with Crippen LogP contribution in [0.5, 0.6) is 0 Å². The Bertz CT molecular complexity index is 740. The van der Waals surface area contributed by atoms with Gasteiger partial charge in [-0.2, -0.15) is 0 Å². The molecule has 2 N–H and O–H groups in total. The molecule has 0 bridgehead atoms. The van der Waals surface area contributed by atoms with E-state index in [-0.39, 0.29) is 29.7 Å². The third-order valence-electron chi connectivity index (χ3n) is 5.01. The molecule has 0 aromatic heterocycles. The van der Waals surface area contributed by atoms with Crippen molar-refractivity contribution in [1.82, 2.24) is 14.9 Å². The molecule has 0 spiro atoms. The van der Waals surface area contributed by atoms with Crippen LogP contribution in [0.4, 0.5) is 5.69 Å². The number of sulfonamides is 1. The zero-order chi connectivity index (χ0) is 20.6. The number of aliphatic imine (C=N–C) groups is 1. The second-order valence-electron chi connectivity index (χ2n) is 7.25. The van der Waals surface area contributed by atoms with E-state index in [1.165, 1.54) is 15.6 Å². The minimum Gasteiger partial charge on any atom is -0.369 e. The summed E-state index contributed by atoms with van der Waals surface area (Å²) in [5.74, 6) is 0.940. The van der Waals surface area contributed by atoms with Crippen LogP contribution in [-0.4, -0.2) is 70.2 Å². The van der Waals surface area contributed by atoms with Crippen LogP contribution >= 0.6 is 24.0 Å². The van der Waals surface area contributed by atoms with Crippen molar-refractivity contribution in [3.8, 4) is 0 Å². The number of rotatable bonds is 9. The molecule has 0 saturated carbocycles. The number of hydrogen-bond acceptors (Lipinski definition) is 4. The van der Waals surface area contributed by atoms with Gasteiger partial charge in [-0.1, -0.05) is 17.7 Å². The van der Waals surface area contributed by atoms with Crippen LogP contribution < -0.4 is 15.5 Å². The average Bonchev–Trinajstić information content (AvgIpc) is 3.14. The maximum atomic E-state index is 11.8. The monoisotopic (exact) mass is 537 g/mol. The van der Waals surface area contributed by atoms with Crippen molar-refractivity contribution in [3.63, 3.8) is 0 Å². The van der Waals surface area contributed by atoms with Crippen LogP contribution in [0.3, 0.4) is 0 Å². The first-order valence-corrected chi connectivity index (χ1v) is 11.8. The van der Waals surface area contributed by atoms with Crippen molar-refractivity contribution in [2.45, 2.75) is 39.7 Å². The van der Waals surface area contributed by atoms with Crippen LogP contribution in [0.15, 0.2) is 29.3 Å². The van der Waals surface area contributed by atoms with E-state index >= 15 is 0 Å². The first-order valence-electron chi connectivity index (χ1n) is 10.2. The zero-order valence-electron chi connectivity index (χ0n) is 18.0. The molecule has 2 rings (SSSR count). The molecule has 1 heterocycles. The molecule has 1 unspecified atom stereocenters. The minimum atomic E-state index is -3.11. The average molecular weight is 538 g/mol. The molecule has 1 aromatic carbocycles. The predicted molar refractivity (Wildman–Crippen MR) is 133 cm³/mol. The van der Waals surface area contributed by atoms with Gasteiger partial charge in [0, 0.05) is 51.5 Å². The van der Waals surface area contributed by atoms with Gasteiger partial charge < -0.3 is 15.5 Å². The number of nitrogens with one attached hydrogen (secondary N) is 2. The molecule has 166 valence electrons. The van der Waals surface area contributed by atoms with Gasteiger partial charge in [0.05, 0.1) is 5.75 Å². The molecule has 1 aromatic rings. The normalized spacial score (nSPS) is 17.3. The summed E-state index contributed by atoms with van der Waals surface area (Å²) in [6, 6.07) is 9.01. The van der Waals surface area contributed by atoms with E-state index in [9.17, 15) is 8.42 Å². The first-order chi connectivity index (χ1) is 13.4. The van der Waals surface area contributed by atoms with Crippen molar-refractivity contribution in [2.75, 3.05) is 50.4 Å². The van der Waals surface area contributed by atoms with Crippen molar-refractivity contribution in [3.05, 3.63) is 29.8 Å². The van der Waals surface area contributed by atoms with Gasteiger partial charge >= 0.3 is 0 Å². The van der Waals surface area contributed by atoms with Crippen LogP contribution in [0.25, 0.3) is 0 Å². The van der Waals surface area contributed by atoms with Gasteiger partial charge in [0.1, 0.15) is 0 Å². The molecule has 7 nitrogen and oxygen atoms in total. The summed E-state index contributed by atoms with van der Waals surface area (Å²) in [4.78, 5) is 7.01. The van der Waals surface area contributed by atoms with Gasteiger partial charge in [0.15, 0.2) is 5.96 Å². The maximum absolute atomic E-state index is 11.8. The molecule has 1 aliphatic heterocycles. The fraction of sp³-hybridized carbons (Fsp3) is 0.650. The Labute approximate surface area is 193 Å². The van der Waals surface area contributed by atoms with E-state index in [2.05, 4.69) is 51.7 Å². The van der Waals surface area contributed by atoms with Crippen molar-refractivity contribution < 1.29 is 8.42 Å². The molecular weight excluding hydrogens is 501 g/mol. The third-order valence-corrected chi connectivity index (χ3v) is 6.88. The van der Waals surface area contributed by atoms with Gasteiger partial charge in [-0.3, -0.25) is 4.99 Å². The smallest absolute Gasteiger partial charge is 0.213 e. The molecule has 1 fully saturated rings. The Morgan fingerprint density at radius 2 is 1.97 bits per heavy atom. The van der Waals surface area contributed by atoms with E-state index < -0.39 is 10.0 Å². The molecule has 0 radical (unpaired) electrons. The van der Waals surface area contributed by atoms with E-state index in [1.54, 1.807) is 14.0 Å². The largest absolute Gasteiger partial charge is 0.369 e. The summed E-state index contributed by atoms with van der Waals surface area (Å²) in [6.07, 6.45) is 1.77. The summed E-state index contributed by atoms with van der Waals surface area (Å²) in [5.41, 5.74) is 2.54. The molecule has 0 aliphatic carbocycles. The molecular formula is C20H36IN5O2S. The van der Waals surface area contributed by atoms with E-state index in [4.69, 9.17) is 0 Å². The zero-order valence-corrected chi connectivity index (χ0v) is 21.2. The van der Waals surface area contributed by atoms with Crippen LogP contribution in [0.2, 0.25) is 0 Å². The molecule has 1 atom stereocenters. The third kappa shape index (κ3) is 8.29. The fourth-order valence-electron chi connectivity index (χ4n) is 3.23. The van der Waals surface area contributed by atoms with Crippen molar-refractivity contribution >= 4 is 45.6 Å². The standard InChI is InChI=1S/C20H35N5O2S.HI/c1-5-21-20(22-13-7-14-24(4)28(26,27)6-2)23-18-12-15-25(16-18)19-10-8-17(3)9-11-19;/h8-11,18H,5-7,12-16H2,1-4H3,(H2,21,22,23);1H. The Hall–Kier alpha value is -1.07. The Kier molecular flexibility index (Phi) is 11.3. The quantitative estimate of drug-likeness (QED) is 0.219. The van der Waals surface area contributed by atoms with Gasteiger partial charge in [-0.05, 0) is 45.7 Å². The lowest BCUT2D eigenvalue weighted by Gasteiger charge is -2.20. The van der Waals surface area contributed by atoms with Gasteiger partial charge in [-0.25, -0.2) is 12.7 Å². The lowest BCUT2D eigenvalue weighted by Crippen LogP contribution is -2.44. The van der Waals surface area contributed by atoms with Crippen molar-refractivity contribution in [2.24, 2.45) is 4.99 Å². The number of nitrogens with zero attached hydrogens (tertiary/aromatic N) is 3. The number of benzene rings is 1. The van der Waals surface area contributed by atoms with Crippen LogP contribution in [-0.2, 0) is 10.0 Å². The highest BCUT2D eigenvalue weighted by Gasteiger charge is 2.23. The number of guanidine groups is 1. The lowest BCUT2D eigenvalue weighted by molar-refractivity contribution is 0.464. The number of aryl methyl sites for hydroxylation is 1. The highest BCUT2D eigenvalue weighted by molar-refractivity contribution is 14.0. The molecule has 29 heavy (non-hydrogen) atoms. The summed E-state index contributed by atoms with van der Waals surface area (Å²) in [6.45, 7) is 9.67. The number of hydrogen-bond donors (Lipinski definition) is 2. The molecule has 1 aliphatic rings. The first kappa shape index (κ1) is 26.0. The fourth-order valence-corrected chi connectivity index (χ4v) is 4.07. The van der Waals surface area contributed by atoms with E-state index in [0.717, 1.165) is 32.0 Å². The summed E-state index contributed by atoms with van der Waals surface area (Å²) < 4.78 is 25.0. The molecule has 9 heteroatoms. The Morgan fingerprint density at radius 1 is 1.28 bits per heavy atom. The van der Waals surface area contributed by atoms with Gasteiger partial charge in [-0.15, -0.1) is 24.0 Å². The van der Waals surface area contributed by atoms with Gasteiger partial charge in [0.25, 0.3) is 0 Å². The highest BCUT2D eigenvalue weighted by atomic mass is 127. The summed E-state index contributed by atoms with van der Waals surface area (Å²) >= 11 is 0. The van der Waals surface area contributed by atoms with Gasteiger partial charge in [0.2, 0.25) is 10.0 Å². The number of anilines is 1. The van der Waals surface area contributed by atoms with Crippen molar-refractivity contribution in [1.29, 1.82) is 0 Å². The second-order valence-corrected chi connectivity index (χ2v) is 9.61. The van der Waals surface area contributed by atoms with Crippen LogP contribution in [0, 0.1) is 6.92 Å². The topological polar surface area (TPSA) is 77.0 Å². The Balaban J connectivity index is 0.00000420. The predicted octanol–water partition coefficient (Wildman–Crippen LogP) is 2.42. The number of halogens is 1. The molecule has 1 saturated heterocycles. The highest BCUT2D eigenvalue weighted by Crippen LogP contribution is 2.20. The SMILES string of the molecule is CCNC(=NCCCN(C)S(=O)(=O)CC)NC1CCN(c2ccc(C)cc2)C1.I. The van der Waals surface area contributed by atoms with E-state index in [1.807, 2.05) is 6.92 Å². The Morgan fingerprint density at radius 3 is 2.59 bits per heavy atom. The lowest BCUT2D eigenvalue weighted by atomic mass is 10.2. The minimum absolute atomic E-state index is 0. The van der Waals surface area contributed by atoms with Crippen LogP contribution in [0.1, 0.15) is 32.3 Å². The van der Waals surface area contributed by atoms with E-state index in [0.29, 0.717) is 25.6 Å².